The Morgan fingerprint density at radius 2 is 1.87 bits per heavy atom. The highest BCUT2D eigenvalue weighted by Gasteiger charge is 2.24. The van der Waals surface area contributed by atoms with Gasteiger partial charge < -0.3 is 29.5 Å². The highest BCUT2D eigenvalue weighted by Crippen LogP contribution is 2.20. The summed E-state index contributed by atoms with van der Waals surface area (Å²) in [4.78, 5) is 28.0. The maximum absolute atomic E-state index is 12.9. The number of amides is 2. The molecule has 1 aromatic carbocycles. The van der Waals surface area contributed by atoms with Crippen LogP contribution in [0.3, 0.4) is 0 Å². The number of aliphatic hydroxyl groups is 2. The molecular weight excluding hydrogens is 400 g/mol. The molecule has 0 bridgehead atoms. The van der Waals surface area contributed by atoms with Gasteiger partial charge in [-0.25, -0.2) is 0 Å². The van der Waals surface area contributed by atoms with Gasteiger partial charge >= 0.3 is 0 Å². The van der Waals surface area contributed by atoms with Crippen LogP contribution in [0.1, 0.15) is 37.7 Å². The normalized spacial score (nSPS) is 24.1. The average Bonchev–Trinajstić information content (AvgIpc) is 3.18. The molecule has 172 valence electrons. The monoisotopic (exact) mass is 434 g/mol. The van der Waals surface area contributed by atoms with Crippen molar-refractivity contribution >= 4 is 11.8 Å². The number of aryl methyl sites for hydroxylation is 1. The van der Waals surface area contributed by atoms with Gasteiger partial charge in [0.05, 0.1) is 19.3 Å². The standard InChI is InChI=1S/C23H34N2O6/c26-19-9-12-25(23(29)10-13-24-11-3-8-22(24)28)14-16-31-21-7-2-1-5-18(21)6-4-15-30-17-20(19)27/h1-2,5,7,19-20,26-27H,3-4,6,8-17H2/t19-,20+/m0/s1. The van der Waals surface area contributed by atoms with Crippen LogP contribution in [0.5, 0.6) is 5.75 Å². The van der Waals surface area contributed by atoms with E-state index in [1.54, 1.807) is 9.80 Å². The molecule has 1 fully saturated rings. The number of benzene rings is 1. The largest absolute Gasteiger partial charge is 0.491 e. The first-order valence-corrected chi connectivity index (χ1v) is 11.2. The number of fused-ring (bicyclic) bond motifs is 1. The Morgan fingerprint density at radius 3 is 2.68 bits per heavy atom. The van der Waals surface area contributed by atoms with Crippen LogP contribution in [-0.2, 0) is 20.7 Å². The lowest BCUT2D eigenvalue weighted by atomic mass is 10.1. The zero-order valence-corrected chi connectivity index (χ0v) is 18.1. The Labute approximate surface area is 183 Å². The zero-order valence-electron chi connectivity index (χ0n) is 18.1. The summed E-state index contributed by atoms with van der Waals surface area (Å²) >= 11 is 0. The third-order valence-electron chi connectivity index (χ3n) is 5.87. The van der Waals surface area contributed by atoms with Gasteiger partial charge in [0.15, 0.2) is 0 Å². The van der Waals surface area contributed by atoms with Crippen molar-refractivity contribution in [2.45, 2.75) is 50.7 Å². The molecule has 8 heteroatoms. The maximum atomic E-state index is 12.9. The van der Waals surface area contributed by atoms with Crippen molar-refractivity contribution in [2.75, 3.05) is 46.0 Å². The topological polar surface area (TPSA) is 99.5 Å². The van der Waals surface area contributed by atoms with Gasteiger partial charge in [-0.1, -0.05) is 18.2 Å². The molecule has 0 saturated carbocycles. The summed E-state index contributed by atoms with van der Waals surface area (Å²) in [5.41, 5.74) is 1.08. The minimum Gasteiger partial charge on any atom is -0.491 e. The molecule has 0 aromatic heterocycles. The van der Waals surface area contributed by atoms with Gasteiger partial charge in [-0.3, -0.25) is 9.59 Å². The summed E-state index contributed by atoms with van der Waals surface area (Å²) in [7, 11) is 0. The van der Waals surface area contributed by atoms with Crippen molar-refractivity contribution in [1.29, 1.82) is 0 Å². The van der Waals surface area contributed by atoms with Crippen LogP contribution >= 0.6 is 0 Å². The van der Waals surface area contributed by atoms with Crippen LogP contribution in [0.4, 0.5) is 0 Å². The molecule has 0 spiro atoms. The number of hydrogen-bond donors (Lipinski definition) is 2. The minimum absolute atomic E-state index is 0.0599. The van der Waals surface area contributed by atoms with E-state index in [1.165, 1.54) is 0 Å². The molecule has 3 rings (SSSR count). The predicted molar refractivity (Wildman–Crippen MR) is 115 cm³/mol. The first-order valence-electron chi connectivity index (χ1n) is 11.2. The number of nitrogens with zero attached hydrogens (tertiary/aromatic N) is 2. The molecule has 2 atom stereocenters. The highest BCUT2D eigenvalue weighted by molar-refractivity contribution is 5.80. The summed E-state index contributed by atoms with van der Waals surface area (Å²) in [5, 5.41) is 20.4. The van der Waals surface area contributed by atoms with E-state index in [9.17, 15) is 19.8 Å². The summed E-state index contributed by atoms with van der Waals surface area (Å²) in [6, 6.07) is 7.83. The number of aliphatic hydroxyl groups excluding tert-OH is 2. The van der Waals surface area contributed by atoms with Gasteiger partial charge in [0.25, 0.3) is 0 Å². The number of likely N-dealkylation sites (tertiary alicyclic amines) is 1. The first kappa shape index (κ1) is 23.5. The van der Waals surface area contributed by atoms with E-state index in [2.05, 4.69) is 0 Å². The van der Waals surface area contributed by atoms with Crippen LogP contribution in [0.25, 0.3) is 0 Å². The van der Waals surface area contributed by atoms with E-state index < -0.39 is 12.2 Å². The molecule has 0 unspecified atom stereocenters. The molecule has 8 nitrogen and oxygen atoms in total. The Morgan fingerprint density at radius 1 is 1.03 bits per heavy atom. The van der Waals surface area contributed by atoms with Gasteiger partial charge in [-0.2, -0.15) is 0 Å². The molecular formula is C23H34N2O6. The van der Waals surface area contributed by atoms with Crippen molar-refractivity contribution in [2.24, 2.45) is 0 Å². The van der Waals surface area contributed by atoms with Crippen molar-refractivity contribution in [1.82, 2.24) is 9.80 Å². The van der Waals surface area contributed by atoms with Crippen molar-refractivity contribution in [3.8, 4) is 5.75 Å². The van der Waals surface area contributed by atoms with E-state index in [4.69, 9.17) is 9.47 Å². The SMILES string of the molecule is O=C1CCCN1CCC(=O)N1CCOc2ccccc2CCCOC[C@@H](O)[C@@H](O)CC1. The maximum Gasteiger partial charge on any atom is 0.224 e. The Kier molecular flexibility index (Phi) is 9.12. The molecule has 0 radical (unpaired) electrons. The zero-order chi connectivity index (χ0) is 22.1. The molecule has 2 aliphatic heterocycles. The summed E-state index contributed by atoms with van der Waals surface area (Å²) < 4.78 is 11.5. The number of carbonyl (C=O) groups is 2. The Balaban J connectivity index is 1.63. The second-order valence-corrected chi connectivity index (χ2v) is 8.17. The van der Waals surface area contributed by atoms with Gasteiger partial charge in [0.2, 0.25) is 11.8 Å². The highest BCUT2D eigenvalue weighted by atomic mass is 16.5. The predicted octanol–water partition coefficient (Wildman–Crippen LogP) is 0.981. The second kappa shape index (κ2) is 12.0. The van der Waals surface area contributed by atoms with Gasteiger partial charge in [-0.15, -0.1) is 0 Å². The lowest BCUT2D eigenvalue weighted by Crippen LogP contribution is -2.40. The van der Waals surface area contributed by atoms with Crippen molar-refractivity contribution < 1.29 is 29.3 Å². The second-order valence-electron chi connectivity index (χ2n) is 8.17. The van der Waals surface area contributed by atoms with E-state index >= 15 is 0 Å². The molecule has 2 N–H and O–H groups in total. The number of ether oxygens (including phenoxy) is 2. The molecule has 0 aliphatic carbocycles. The van der Waals surface area contributed by atoms with Crippen LogP contribution < -0.4 is 4.74 Å². The lowest BCUT2D eigenvalue weighted by Gasteiger charge is -2.26. The summed E-state index contributed by atoms with van der Waals surface area (Å²) in [5.74, 6) is 0.815. The molecule has 1 saturated heterocycles. The number of para-hydroxylation sites is 1. The van der Waals surface area contributed by atoms with Crippen LogP contribution in [0.2, 0.25) is 0 Å². The molecule has 1 aromatic rings. The summed E-state index contributed by atoms with van der Waals surface area (Å²) in [6.45, 7) is 2.67. The number of hydrogen-bond acceptors (Lipinski definition) is 6. The van der Waals surface area contributed by atoms with Crippen LogP contribution in [0.15, 0.2) is 24.3 Å². The molecule has 2 heterocycles. The van der Waals surface area contributed by atoms with Crippen molar-refractivity contribution in [3.63, 3.8) is 0 Å². The Hall–Kier alpha value is -2.16. The molecule has 2 amide bonds. The number of carbonyl (C=O) groups excluding carboxylic acids is 2. The summed E-state index contributed by atoms with van der Waals surface area (Å²) in [6.07, 6.45) is 1.48. The smallest absolute Gasteiger partial charge is 0.224 e. The molecule has 2 aliphatic rings. The Bertz CT molecular complexity index is 728. The van der Waals surface area contributed by atoms with E-state index in [0.29, 0.717) is 45.8 Å². The van der Waals surface area contributed by atoms with Gasteiger partial charge in [0.1, 0.15) is 18.5 Å². The minimum atomic E-state index is -0.993. The quantitative estimate of drug-likeness (QED) is 0.736. The fourth-order valence-electron chi connectivity index (χ4n) is 3.97. The third kappa shape index (κ3) is 7.19. The van der Waals surface area contributed by atoms with Gasteiger partial charge in [0, 0.05) is 39.1 Å². The average molecular weight is 435 g/mol. The fraction of sp³-hybridized carbons (Fsp3) is 0.652. The van der Waals surface area contributed by atoms with E-state index in [-0.39, 0.29) is 31.3 Å². The van der Waals surface area contributed by atoms with E-state index in [0.717, 1.165) is 30.6 Å². The van der Waals surface area contributed by atoms with Crippen LogP contribution in [0, 0.1) is 0 Å². The van der Waals surface area contributed by atoms with Gasteiger partial charge in [-0.05, 0) is 37.3 Å². The van der Waals surface area contributed by atoms with Crippen LogP contribution in [-0.4, -0.2) is 90.0 Å². The first-order chi connectivity index (χ1) is 15.0. The number of rotatable bonds is 3. The molecule has 31 heavy (non-hydrogen) atoms. The fourth-order valence-corrected chi connectivity index (χ4v) is 3.97. The van der Waals surface area contributed by atoms with E-state index in [1.807, 2.05) is 24.3 Å². The third-order valence-corrected chi connectivity index (χ3v) is 5.87. The lowest BCUT2D eigenvalue weighted by molar-refractivity contribution is -0.133. The van der Waals surface area contributed by atoms with Crippen molar-refractivity contribution in [3.05, 3.63) is 29.8 Å².